The molecule has 0 atom stereocenters. The molecule has 0 fully saturated rings. The number of halogens is 1. The molecule has 94 valence electrons. The third kappa shape index (κ3) is 3.74. The zero-order chi connectivity index (χ0) is 12.8. The van der Waals surface area contributed by atoms with Gasteiger partial charge in [0.1, 0.15) is 11.5 Å². The lowest BCUT2D eigenvalue weighted by atomic mass is 10.3. The number of ether oxygens (including phenoxy) is 1. The number of benzene rings is 1. The first kappa shape index (κ1) is 12.9. The lowest BCUT2D eigenvalue weighted by Crippen LogP contribution is -2.00. The van der Waals surface area contributed by atoms with Crippen LogP contribution >= 0.6 is 15.9 Å². The van der Waals surface area contributed by atoms with Crippen molar-refractivity contribution < 1.29 is 4.74 Å². The topological polar surface area (TPSA) is 34.2 Å². The highest BCUT2D eigenvalue weighted by atomic mass is 79.9. The number of hydrogen-bond acceptors (Lipinski definition) is 3. The fourth-order valence-corrected chi connectivity index (χ4v) is 1.74. The smallest absolute Gasteiger partial charge is 0.147 e. The van der Waals surface area contributed by atoms with E-state index in [1.807, 2.05) is 30.3 Å². The Morgan fingerprint density at radius 3 is 2.67 bits per heavy atom. The molecule has 0 aliphatic rings. The zero-order valence-electron chi connectivity index (χ0n) is 10.2. The van der Waals surface area contributed by atoms with Gasteiger partial charge in [-0.15, -0.1) is 0 Å². The van der Waals surface area contributed by atoms with E-state index in [-0.39, 0.29) is 0 Å². The van der Waals surface area contributed by atoms with Crippen LogP contribution in [0.4, 0.5) is 5.69 Å². The molecular formula is C14H15BrN2O. The van der Waals surface area contributed by atoms with E-state index in [2.05, 4.69) is 33.2 Å². The molecule has 0 bridgehead atoms. The van der Waals surface area contributed by atoms with Gasteiger partial charge in [0.05, 0.1) is 18.1 Å². The van der Waals surface area contributed by atoms with Gasteiger partial charge in [-0.05, 0) is 30.7 Å². The second-order valence-corrected chi connectivity index (χ2v) is 4.81. The van der Waals surface area contributed by atoms with Gasteiger partial charge in [0.15, 0.2) is 0 Å². The predicted octanol–water partition coefficient (Wildman–Crippen LogP) is 4.46. The van der Waals surface area contributed by atoms with Crippen molar-refractivity contribution in [3.63, 3.8) is 0 Å². The molecule has 0 saturated carbocycles. The highest BCUT2D eigenvalue weighted by Crippen LogP contribution is 2.24. The van der Waals surface area contributed by atoms with Gasteiger partial charge in [-0.3, -0.25) is 4.98 Å². The number of nitrogens with zero attached hydrogens (tertiary/aromatic N) is 1. The van der Waals surface area contributed by atoms with Gasteiger partial charge in [-0.25, -0.2) is 0 Å². The molecule has 4 heteroatoms. The molecule has 0 spiro atoms. The Morgan fingerprint density at radius 1 is 1.17 bits per heavy atom. The van der Waals surface area contributed by atoms with E-state index in [9.17, 15) is 0 Å². The first-order valence-electron chi connectivity index (χ1n) is 5.90. The highest BCUT2D eigenvalue weighted by Gasteiger charge is 1.99. The summed E-state index contributed by atoms with van der Waals surface area (Å²) in [6, 6.07) is 9.67. The van der Waals surface area contributed by atoms with Crippen LogP contribution in [0.5, 0.6) is 11.5 Å². The fraction of sp³-hybridized carbons (Fsp3) is 0.214. The summed E-state index contributed by atoms with van der Waals surface area (Å²) in [6.45, 7) is 3.06. The number of pyridine rings is 1. The van der Waals surface area contributed by atoms with Gasteiger partial charge in [-0.2, -0.15) is 0 Å². The second kappa shape index (κ2) is 6.40. The van der Waals surface area contributed by atoms with E-state index in [0.29, 0.717) is 0 Å². The van der Waals surface area contributed by atoms with E-state index < -0.39 is 0 Å². The zero-order valence-corrected chi connectivity index (χ0v) is 11.8. The lowest BCUT2D eigenvalue weighted by Gasteiger charge is -2.08. The molecule has 0 aliphatic carbocycles. The summed E-state index contributed by atoms with van der Waals surface area (Å²) < 4.78 is 6.76. The van der Waals surface area contributed by atoms with E-state index in [4.69, 9.17) is 4.74 Å². The van der Waals surface area contributed by atoms with Crippen molar-refractivity contribution in [3.8, 4) is 11.5 Å². The molecule has 2 rings (SSSR count). The van der Waals surface area contributed by atoms with Crippen LogP contribution in [0.2, 0.25) is 0 Å². The summed E-state index contributed by atoms with van der Waals surface area (Å²) in [5.41, 5.74) is 0.978. The minimum Gasteiger partial charge on any atom is -0.456 e. The Labute approximate surface area is 115 Å². The standard InChI is InChI=1S/C14H15BrN2O/c1-2-7-17-12-8-14(10-16-9-12)18-13-5-3-11(15)4-6-13/h3-6,8-10,17H,2,7H2,1H3. The third-order valence-corrected chi connectivity index (χ3v) is 2.87. The Bertz CT molecular complexity index is 499. The van der Waals surface area contributed by atoms with Gasteiger partial charge >= 0.3 is 0 Å². The van der Waals surface area contributed by atoms with Crippen molar-refractivity contribution >= 4 is 21.6 Å². The summed E-state index contributed by atoms with van der Waals surface area (Å²) in [6.07, 6.45) is 4.58. The Hall–Kier alpha value is -1.55. The molecule has 0 radical (unpaired) electrons. The van der Waals surface area contributed by atoms with Crippen LogP contribution in [0.1, 0.15) is 13.3 Å². The Balaban J connectivity index is 2.06. The average molecular weight is 307 g/mol. The van der Waals surface area contributed by atoms with Crippen LogP contribution in [0.15, 0.2) is 47.2 Å². The molecule has 0 amide bonds. The SMILES string of the molecule is CCCNc1cncc(Oc2ccc(Br)cc2)c1. The van der Waals surface area contributed by atoms with Crippen molar-refractivity contribution in [2.75, 3.05) is 11.9 Å². The average Bonchev–Trinajstić information content (AvgIpc) is 2.40. The van der Waals surface area contributed by atoms with Gasteiger partial charge in [0.2, 0.25) is 0 Å². The number of nitrogens with one attached hydrogen (secondary N) is 1. The van der Waals surface area contributed by atoms with Gasteiger partial charge in [0.25, 0.3) is 0 Å². The molecule has 2 aromatic rings. The maximum atomic E-state index is 5.73. The number of hydrogen-bond donors (Lipinski definition) is 1. The maximum absolute atomic E-state index is 5.73. The van der Waals surface area contributed by atoms with Crippen LogP contribution in [0, 0.1) is 0 Å². The summed E-state index contributed by atoms with van der Waals surface area (Å²) in [5, 5.41) is 3.28. The van der Waals surface area contributed by atoms with Gasteiger partial charge in [-0.1, -0.05) is 22.9 Å². The molecule has 18 heavy (non-hydrogen) atoms. The van der Waals surface area contributed by atoms with Crippen LogP contribution < -0.4 is 10.1 Å². The molecular weight excluding hydrogens is 292 g/mol. The van der Waals surface area contributed by atoms with E-state index in [0.717, 1.165) is 34.6 Å². The van der Waals surface area contributed by atoms with Crippen molar-refractivity contribution in [1.82, 2.24) is 4.98 Å². The van der Waals surface area contributed by atoms with Crippen LogP contribution in [-0.2, 0) is 0 Å². The van der Waals surface area contributed by atoms with Crippen LogP contribution in [-0.4, -0.2) is 11.5 Å². The molecule has 1 aromatic heterocycles. The van der Waals surface area contributed by atoms with Crippen molar-refractivity contribution in [3.05, 3.63) is 47.2 Å². The highest BCUT2D eigenvalue weighted by molar-refractivity contribution is 9.10. The number of anilines is 1. The minimum absolute atomic E-state index is 0.735. The lowest BCUT2D eigenvalue weighted by molar-refractivity contribution is 0.480. The molecule has 1 heterocycles. The number of rotatable bonds is 5. The monoisotopic (exact) mass is 306 g/mol. The quantitative estimate of drug-likeness (QED) is 0.885. The van der Waals surface area contributed by atoms with Crippen molar-refractivity contribution in [1.29, 1.82) is 0 Å². The summed E-state index contributed by atoms with van der Waals surface area (Å²) in [4.78, 5) is 4.15. The van der Waals surface area contributed by atoms with Crippen LogP contribution in [0.25, 0.3) is 0 Å². The van der Waals surface area contributed by atoms with Crippen molar-refractivity contribution in [2.24, 2.45) is 0 Å². The first-order chi connectivity index (χ1) is 8.78. The molecule has 3 nitrogen and oxygen atoms in total. The Morgan fingerprint density at radius 2 is 1.94 bits per heavy atom. The largest absolute Gasteiger partial charge is 0.456 e. The number of aromatic nitrogens is 1. The normalized spacial score (nSPS) is 10.1. The summed E-state index contributed by atoms with van der Waals surface area (Å²) in [5.74, 6) is 1.53. The first-order valence-corrected chi connectivity index (χ1v) is 6.69. The van der Waals surface area contributed by atoms with Gasteiger partial charge < -0.3 is 10.1 Å². The van der Waals surface area contributed by atoms with E-state index in [1.54, 1.807) is 12.4 Å². The van der Waals surface area contributed by atoms with Gasteiger partial charge in [0, 0.05) is 17.1 Å². The molecule has 0 unspecified atom stereocenters. The molecule has 0 saturated heterocycles. The maximum Gasteiger partial charge on any atom is 0.147 e. The summed E-state index contributed by atoms with van der Waals surface area (Å²) >= 11 is 3.39. The predicted molar refractivity (Wildman–Crippen MR) is 77.2 cm³/mol. The third-order valence-electron chi connectivity index (χ3n) is 2.34. The van der Waals surface area contributed by atoms with E-state index in [1.165, 1.54) is 0 Å². The minimum atomic E-state index is 0.735. The molecule has 1 aromatic carbocycles. The molecule has 1 N–H and O–H groups in total. The second-order valence-electron chi connectivity index (χ2n) is 3.89. The van der Waals surface area contributed by atoms with Crippen LogP contribution in [0.3, 0.4) is 0 Å². The molecule has 0 aliphatic heterocycles. The summed E-state index contributed by atoms with van der Waals surface area (Å²) in [7, 11) is 0. The fourth-order valence-electron chi connectivity index (χ4n) is 1.48. The van der Waals surface area contributed by atoms with Crippen molar-refractivity contribution in [2.45, 2.75) is 13.3 Å². The Kier molecular flexibility index (Phi) is 4.59. The van der Waals surface area contributed by atoms with E-state index >= 15 is 0 Å².